The number of halogens is 1. The Kier molecular flexibility index (Phi) is 10.6. The van der Waals surface area contributed by atoms with Gasteiger partial charge in [0.15, 0.2) is 5.96 Å². The highest BCUT2D eigenvalue weighted by atomic mass is 127. The Bertz CT molecular complexity index is 804. The summed E-state index contributed by atoms with van der Waals surface area (Å²) in [6.07, 6.45) is 0. The topological polar surface area (TPSA) is 75.6 Å². The summed E-state index contributed by atoms with van der Waals surface area (Å²) >= 11 is 3.12. The molecule has 29 heavy (non-hydrogen) atoms. The van der Waals surface area contributed by atoms with E-state index in [4.69, 9.17) is 9.73 Å². The van der Waals surface area contributed by atoms with Crippen molar-refractivity contribution in [3.8, 4) is 0 Å². The van der Waals surface area contributed by atoms with Crippen LogP contribution in [0.2, 0.25) is 0 Å². The molecule has 0 amide bonds. The van der Waals surface area contributed by atoms with Crippen molar-refractivity contribution >= 4 is 58.6 Å². The van der Waals surface area contributed by atoms with Crippen LogP contribution in [-0.2, 0) is 10.2 Å². The zero-order chi connectivity index (χ0) is 20.7. The van der Waals surface area contributed by atoms with Crippen LogP contribution in [-0.4, -0.2) is 36.6 Å². The number of carbonyl (C=O) groups is 1. The minimum atomic E-state index is -0.311. The average molecular weight is 551 g/mol. The fraction of sp³-hybridized carbons (Fsp3) is 0.550. The van der Waals surface area contributed by atoms with Crippen molar-refractivity contribution in [1.29, 1.82) is 0 Å². The Labute approximate surface area is 198 Å². The van der Waals surface area contributed by atoms with Crippen molar-refractivity contribution in [2.24, 2.45) is 4.99 Å². The van der Waals surface area contributed by atoms with Crippen molar-refractivity contribution in [2.45, 2.75) is 53.0 Å². The summed E-state index contributed by atoms with van der Waals surface area (Å²) < 4.78 is 5.11. The number of carbonyl (C=O) groups excluding carboxylic acids is 1. The molecule has 0 aliphatic rings. The third-order valence-corrected chi connectivity index (χ3v) is 6.72. The summed E-state index contributed by atoms with van der Waals surface area (Å²) in [5.41, 5.74) is 0.669. The molecule has 2 rings (SSSR count). The largest absolute Gasteiger partial charge is 0.462 e. The van der Waals surface area contributed by atoms with Crippen molar-refractivity contribution in [2.75, 3.05) is 19.7 Å². The van der Waals surface area contributed by atoms with Crippen LogP contribution in [0.25, 0.3) is 0 Å². The van der Waals surface area contributed by atoms with Gasteiger partial charge in [-0.15, -0.1) is 46.7 Å². The third-order valence-electron chi connectivity index (χ3n) is 4.16. The number of aliphatic imine (C=N–C) groups is 1. The molecule has 2 aromatic heterocycles. The van der Waals surface area contributed by atoms with Crippen LogP contribution in [0, 0.1) is 6.92 Å². The van der Waals surface area contributed by atoms with E-state index in [1.54, 1.807) is 18.3 Å². The summed E-state index contributed by atoms with van der Waals surface area (Å²) in [5, 5.41) is 9.63. The molecule has 0 fully saturated rings. The Morgan fingerprint density at radius 2 is 2.10 bits per heavy atom. The molecule has 162 valence electrons. The summed E-state index contributed by atoms with van der Waals surface area (Å²) in [5.74, 6) is 0.430. The Hall–Kier alpha value is -1.20. The number of aromatic nitrogens is 1. The van der Waals surface area contributed by atoms with Crippen molar-refractivity contribution < 1.29 is 9.53 Å². The number of ether oxygens (including phenoxy) is 1. The minimum absolute atomic E-state index is 0. The lowest BCUT2D eigenvalue weighted by molar-refractivity contribution is 0.0531. The smallest absolute Gasteiger partial charge is 0.350 e. The number of aryl methyl sites for hydroxylation is 1. The number of thiazole rings is 1. The van der Waals surface area contributed by atoms with E-state index in [1.165, 1.54) is 16.2 Å². The number of guanidine groups is 1. The van der Waals surface area contributed by atoms with Gasteiger partial charge in [-0.25, -0.2) is 9.78 Å². The van der Waals surface area contributed by atoms with E-state index in [2.05, 4.69) is 47.0 Å². The van der Waals surface area contributed by atoms with Gasteiger partial charge in [-0.1, -0.05) is 19.9 Å². The number of esters is 1. The van der Waals surface area contributed by atoms with E-state index in [0.717, 1.165) is 17.5 Å². The predicted molar refractivity (Wildman–Crippen MR) is 133 cm³/mol. The lowest BCUT2D eigenvalue weighted by Gasteiger charge is -2.22. The molecule has 0 saturated carbocycles. The van der Waals surface area contributed by atoms with Crippen LogP contribution in [0.5, 0.6) is 0 Å². The first kappa shape index (κ1) is 25.8. The maximum Gasteiger partial charge on any atom is 0.350 e. The first-order valence-corrected chi connectivity index (χ1v) is 11.2. The maximum absolute atomic E-state index is 12.0. The van der Waals surface area contributed by atoms with Gasteiger partial charge in [-0.05, 0) is 39.1 Å². The molecule has 1 atom stereocenters. The van der Waals surface area contributed by atoms with Crippen molar-refractivity contribution in [1.82, 2.24) is 15.6 Å². The molecule has 0 aliphatic heterocycles. The van der Waals surface area contributed by atoms with Gasteiger partial charge in [0.1, 0.15) is 9.88 Å². The number of hydrogen-bond acceptors (Lipinski definition) is 6. The van der Waals surface area contributed by atoms with Gasteiger partial charge >= 0.3 is 5.97 Å². The fourth-order valence-corrected chi connectivity index (χ4v) is 4.40. The first-order chi connectivity index (χ1) is 13.3. The van der Waals surface area contributed by atoms with Gasteiger partial charge in [-0.3, -0.25) is 4.99 Å². The summed E-state index contributed by atoms with van der Waals surface area (Å²) in [4.78, 5) is 23.3. The fourth-order valence-electron chi connectivity index (χ4n) is 2.59. The van der Waals surface area contributed by atoms with E-state index < -0.39 is 0 Å². The monoisotopic (exact) mass is 550 g/mol. The zero-order valence-electron chi connectivity index (χ0n) is 17.9. The molecule has 0 spiro atoms. The molecule has 0 aromatic carbocycles. The van der Waals surface area contributed by atoms with Gasteiger partial charge in [-0.2, -0.15) is 0 Å². The van der Waals surface area contributed by atoms with Gasteiger partial charge in [0.05, 0.1) is 24.9 Å². The molecular weight excluding hydrogens is 519 g/mol. The highest BCUT2D eigenvalue weighted by molar-refractivity contribution is 14.0. The number of nitrogens with zero attached hydrogens (tertiary/aromatic N) is 2. The maximum atomic E-state index is 12.0. The van der Waals surface area contributed by atoms with E-state index in [-0.39, 0.29) is 41.4 Å². The molecule has 2 N–H and O–H groups in total. The van der Waals surface area contributed by atoms with Crippen LogP contribution in [0.3, 0.4) is 0 Å². The standard InChI is InChI=1S/C20H30N4O2S2.HI/c1-7-21-19(22-12-20(5,6)15-10-9-11-27-15)24-14(4)17-23-13(3)16(28-17)18(25)26-8-2;/h9-11,14H,7-8,12H2,1-6H3,(H2,21,22,24);1H. The summed E-state index contributed by atoms with van der Waals surface area (Å²) in [7, 11) is 0. The molecule has 2 aromatic rings. The molecule has 2 heterocycles. The second-order valence-electron chi connectivity index (χ2n) is 7.11. The van der Waals surface area contributed by atoms with Crippen LogP contribution in [0.1, 0.15) is 65.9 Å². The number of nitrogens with one attached hydrogen (secondary N) is 2. The van der Waals surface area contributed by atoms with Crippen LogP contribution >= 0.6 is 46.7 Å². The summed E-state index contributed by atoms with van der Waals surface area (Å²) in [6, 6.07) is 4.15. The molecule has 0 radical (unpaired) electrons. The van der Waals surface area contributed by atoms with E-state index in [0.29, 0.717) is 23.7 Å². The predicted octanol–water partition coefficient (Wildman–Crippen LogP) is 4.90. The second-order valence-corrected chi connectivity index (χ2v) is 9.09. The number of thiophene rings is 1. The molecule has 1 unspecified atom stereocenters. The van der Waals surface area contributed by atoms with E-state index in [1.807, 2.05) is 20.8 Å². The Morgan fingerprint density at radius 1 is 1.38 bits per heavy atom. The van der Waals surface area contributed by atoms with Gasteiger partial charge in [0, 0.05) is 16.8 Å². The Balaban J connectivity index is 0.00000420. The average Bonchev–Trinajstić information content (AvgIpc) is 3.30. The van der Waals surface area contributed by atoms with E-state index >= 15 is 0 Å². The van der Waals surface area contributed by atoms with Gasteiger partial charge in [0.25, 0.3) is 0 Å². The Morgan fingerprint density at radius 3 is 2.69 bits per heavy atom. The molecule has 0 bridgehead atoms. The third kappa shape index (κ3) is 7.21. The molecule has 6 nitrogen and oxygen atoms in total. The SMILES string of the molecule is CCNC(=NCC(C)(C)c1cccs1)NC(C)c1nc(C)c(C(=O)OCC)s1.I. The minimum Gasteiger partial charge on any atom is -0.462 e. The normalized spacial score (nSPS) is 12.8. The van der Waals surface area contributed by atoms with Crippen LogP contribution in [0.15, 0.2) is 22.5 Å². The number of rotatable bonds is 8. The number of hydrogen-bond donors (Lipinski definition) is 2. The van der Waals surface area contributed by atoms with Crippen LogP contribution < -0.4 is 10.6 Å². The molecule has 0 aliphatic carbocycles. The summed E-state index contributed by atoms with van der Waals surface area (Å²) in [6.45, 7) is 13.9. The molecule has 0 saturated heterocycles. The first-order valence-electron chi connectivity index (χ1n) is 9.51. The van der Waals surface area contributed by atoms with Gasteiger partial charge in [0.2, 0.25) is 0 Å². The molecule has 9 heteroatoms. The quantitative estimate of drug-likeness (QED) is 0.212. The highest BCUT2D eigenvalue weighted by Gasteiger charge is 2.23. The zero-order valence-corrected chi connectivity index (χ0v) is 21.8. The van der Waals surface area contributed by atoms with E-state index in [9.17, 15) is 4.79 Å². The molecular formula is C20H31IN4O2S2. The lowest BCUT2D eigenvalue weighted by Crippen LogP contribution is -2.39. The van der Waals surface area contributed by atoms with Gasteiger partial charge < -0.3 is 15.4 Å². The van der Waals surface area contributed by atoms with Crippen LogP contribution in [0.4, 0.5) is 0 Å². The second kappa shape index (κ2) is 11.8. The lowest BCUT2D eigenvalue weighted by atomic mass is 9.92. The van der Waals surface area contributed by atoms with Crippen molar-refractivity contribution in [3.05, 3.63) is 38.0 Å². The highest BCUT2D eigenvalue weighted by Crippen LogP contribution is 2.28. The van der Waals surface area contributed by atoms with Crippen molar-refractivity contribution in [3.63, 3.8) is 0 Å².